The number of para-hydroxylation sites is 1. The number of carbonyl (C=O) groups excluding carboxylic acids is 3. The molecule has 0 radical (unpaired) electrons. The number of aromatic hydroxyl groups is 1. The van der Waals surface area contributed by atoms with Gasteiger partial charge in [-0.25, -0.2) is 4.79 Å². The third kappa shape index (κ3) is 8.31. The first kappa shape index (κ1) is 31.2. The molecule has 0 aliphatic rings. The summed E-state index contributed by atoms with van der Waals surface area (Å²) in [7, 11) is 0. The maximum atomic E-state index is 13.3. The maximum absolute atomic E-state index is 13.3. The standard InChI is InChI=1S/C30H39N5O6/c1-16(2)25(28(38)33-24(30(40)41)14-19-15-32-23-8-6-5-7-21(19)23)35-29(39)26(17(3)4)34-27(37)22(31)13-18-9-11-20(36)12-10-18/h5-12,15-17,22,24-26,32,36H,13-14,31H2,1-4H3,(H,33,38)(H,34,37)(H,35,39)(H,40,41). The van der Waals surface area contributed by atoms with Gasteiger partial charge in [0.15, 0.2) is 0 Å². The average Bonchev–Trinajstić information content (AvgIpc) is 3.33. The van der Waals surface area contributed by atoms with Crippen molar-refractivity contribution < 1.29 is 29.4 Å². The highest BCUT2D eigenvalue weighted by molar-refractivity contribution is 5.94. The van der Waals surface area contributed by atoms with E-state index in [1.807, 2.05) is 24.3 Å². The van der Waals surface area contributed by atoms with E-state index in [0.29, 0.717) is 0 Å². The van der Waals surface area contributed by atoms with Gasteiger partial charge in [0.05, 0.1) is 6.04 Å². The van der Waals surface area contributed by atoms with E-state index in [2.05, 4.69) is 20.9 Å². The third-order valence-electron chi connectivity index (χ3n) is 6.94. The Morgan fingerprint density at radius 1 is 0.805 bits per heavy atom. The number of hydrogen-bond donors (Lipinski definition) is 7. The predicted molar refractivity (Wildman–Crippen MR) is 155 cm³/mol. The first-order valence-electron chi connectivity index (χ1n) is 13.6. The number of carbonyl (C=O) groups is 4. The fourth-order valence-corrected chi connectivity index (χ4v) is 4.53. The zero-order valence-corrected chi connectivity index (χ0v) is 23.7. The lowest BCUT2D eigenvalue weighted by Crippen LogP contribution is -2.59. The molecule has 3 aromatic rings. The molecule has 3 rings (SSSR count). The van der Waals surface area contributed by atoms with Crippen LogP contribution in [0.1, 0.15) is 38.8 Å². The van der Waals surface area contributed by atoms with Crippen molar-refractivity contribution in [2.45, 2.75) is 64.7 Å². The van der Waals surface area contributed by atoms with Crippen LogP contribution >= 0.6 is 0 Å². The number of aromatic nitrogens is 1. The van der Waals surface area contributed by atoms with Gasteiger partial charge in [0.1, 0.15) is 23.9 Å². The minimum absolute atomic E-state index is 0.0491. The van der Waals surface area contributed by atoms with Gasteiger partial charge >= 0.3 is 5.97 Å². The molecule has 1 heterocycles. The van der Waals surface area contributed by atoms with Crippen LogP contribution in [0, 0.1) is 11.8 Å². The van der Waals surface area contributed by atoms with E-state index in [0.717, 1.165) is 22.0 Å². The predicted octanol–water partition coefficient (Wildman–Crippen LogP) is 1.84. The molecule has 1 aromatic heterocycles. The van der Waals surface area contributed by atoms with Gasteiger partial charge in [0.25, 0.3) is 0 Å². The highest BCUT2D eigenvalue weighted by Gasteiger charge is 2.33. The van der Waals surface area contributed by atoms with Crippen LogP contribution < -0.4 is 21.7 Å². The smallest absolute Gasteiger partial charge is 0.326 e. The Morgan fingerprint density at radius 2 is 1.37 bits per heavy atom. The number of fused-ring (bicyclic) bond motifs is 1. The molecule has 11 nitrogen and oxygen atoms in total. The molecule has 0 fully saturated rings. The van der Waals surface area contributed by atoms with Crippen LogP contribution in [0.15, 0.2) is 54.7 Å². The molecule has 2 aromatic carbocycles. The van der Waals surface area contributed by atoms with Crippen LogP contribution in [0.5, 0.6) is 5.75 Å². The van der Waals surface area contributed by atoms with Gasteiger partial charge in [-0.3, -0.25) is 14.4 Å². The normalized spacial score (nSPS) is 14.3. The Kier molecular flexibility index (Phi) is 10.5. The fourth-order valence-electron chi connectivity index (χ4n) is 4.53. The minimum Gasteiger partial charge on any atom is -0.508 e. The summed E-state index contributed by atoms with van der Waals surface area (Å²) in [6.45, 7) is 6.97. The zero-order valence-electron chi connectivity index (χ0n) is 23.7. The molecule has 0 aliphatic heterocycles. The molecule has 0 aliphatic carbocycles. The fraction of sp³-hybridized carbons (Fsp3) is 0.400. The number of H-pyrrole nitrogens is 1. The molecule has 41 heavy (non-hydrogen) atoms. The van der Waals surface area contributed by atoms with Crippen molar-refractivity contribution in [1.82, 2.24) is 20.9 Å². The summed E-state index contributed by atoms with van der Waals surface area (Å²) < 4.78 is 0. The molecule has 0 saturated carbocycles. The van der Waals surface area contributed by atoms with E-state index < -0.39 is 47.9 Å². The van der Waals surface area contributed by atoms with Crippen molar-refractivity contribution >= 4 is 34.6 Å². The van der Waals surface area contributed by atoms with Crippen molar-refractivity contribution in [2.24, 2.45) is 17.6 Å². The lowest BCUT2D eigenvalue weighted by atomic mass is 9.98. The topological polar surface area (TPSA) is 187 Å². The molecule has 0 spiro atoms. The number of amides is 3. The number of aromatic amines is 1. The second kappa shape index (κ2) is 13.8. The summed E-state index contributed by atoms with van der Waals surface area (Å²) in [5, 5.41) is 28.1. The van der Waals surface area contributed by atoms with Crippen LogP contribution in [-0.2, 0) is 32.0 Å². The summed E-state index contributed by atoms with van der Waals surface area (Å²) in [6.07, 6.45) is 1.97. The maximum Gasteiger partial charge on any atom is 0.326 e. The molecule has 3 amide bonds. The third-order valence-corrected chi connectivity index (χ3v) is 6.94. The van der Waals surface area contributed by atoms with Crippen LogP contribution in [-0.4, -0.2) is 63.1 Å². The van der Waals surface area contributed by atoms with Crippen LogP contribution in [0.2, 0.25) is 0 Å². The molecule has 4 atom stereocenters. The van der Waals surface area contributed by atoms with Crippen molar-refractivity contribution in [3.63, 3.8) is 0 Å². The molecular formula is C30H39N5O6. The molecular weight excluding hydrogens is 526 g/mol. The number of carboxylic acid groups (broad SMARTS) is 1. The van der Waals surface area contributed by atoms with Crippen molar-refractivity contribution in [3.05, 3.63) is 65.9 Å². The number of phenols is 1. The lowest BCUT2D eigenvalue weighted by Gasteiger charge is -2.28. The molecule has 11 heteroatoms. The van der Waals surface area contributed by atoms with E-state index in [-0.39, 0.29) is 30.4 Å². The Balaban J connectivity index is 1.67. The van der Waals surface area contributed by atoms with E-state index in [1.54, 1.807) is 46.0 Å². The number of carboxylic acids is 1. The largest absolute Gasteiger partial charge is 0.508 e. The van der Waals surface area contributed by atoms with Gasteiger partial charge in [-0.15, -0.1) is 0 Å². The van der Waals surface area contributed by atoms with Gasteiger partial charge < -0.3 is 36.9 Å². The summed E-state index contributed by atoms with van der Waals surface area (Å²) in [4.78, 5) is 54.5. The van der Waals surface area contributed by atoms with E-state index >= 15 is 0 Å². The van der Waals surface area contributed by atoms with E-state index in [9.17, 15) is 29.4 Å². The second-order valence-corrected chi connectivity index (χ2v) is 10.9. The van der Waals surface area contributed by atoms with Gasteiger partial charge in [0.2, 0.25) is 17.7 Å². The number of rotatable bonds is 13. The first-order chi connectivity index (χ1) is 19.4. The van der Waals surface area contributed by atoms with Crippen LogP contribution in [0.25, 0.3) is 10.9 Å². The molecule has 220 valence electrons. The molecule has 0 saturated heterocycles. The summed E-state index contributed by atoms with van der Waals surface area (Å²) in [5.41, 5.74) is 8.42. The number of benzene rings is 2. The SMILES string of the molecule is CC(C)C(NC(=O)C(N)Cc1ccc(O)cc1)C(=O)NC(C(=O)NC(Cc1c[nH]c2ccccc12)C(=O)O)C(C)C. The Bertz CT molecular complexity index is 1370. The summed E-state index contributed by atoms with van der Waals surface area (Å²) in [6, 6.07) is 9.57. The van der Waals surface area contributed by atoms with Gasteiger partial charge in [-0.2, -0.15) is 0 Å². The van der Waals surface area contributed by atoms with Gasteiger partial charge in [-0.05, 0) is 47.6 Å². The molecule has 4 unspecified atom stereocenters. The minimum atomic E-state index is -1.22. The second-order valence-electron chi connectivity index (χ2n) is 10.9. The van der Waals surface area contributed by atoms with Crippen LogP contribution in [0.4, 0.5) is 0 Å². The van der Waals surface area contributed by atoms with E-state index in [1.165, 1.54) is 12.1 Å². The van der Waals surface area contributed by atoms with Crippen molar-refractivity contribution in [1.29, 1.82) is 0 Å². The Labute approximate surface area is 238 Å². The first-order valence-corrected chi connectivity index (χ1v) is 13.6. The molecule has 0 bridgehead atoms. The van der Waals surface area contributed by atoms with Gasteiger partial charge in [-0.1, -0.05) is 58.0 Å². The molecule has 8 N–H and O–H groups in total. The number of phenolic OH excluding ortho intramolecular Hbond substituents is 1. The lowest BCUT2D eigenvalue weighted by molar-refractivity contribution is -0.142. The van der Waals surface area contributed by atoms with Crippen molar-refractivity contribution in [2.75, 3.05) is 0 Å². The summed E-state index contributed by atoms with van der Waals surface area (Å²) >= 11 is 0. The highest BCUT2D eigenvalue weighted by Crippen LogP contribution is 2.19. The average molecular weight is 566 g/mol. The van der Waals surface area contributed by atoms with Crippen LogP contribution in [0.3, 0.4) is 0 Å². The van der Waals surface area contributed by atoms with E-state index in [4.69, 9.17) is 5.73 Å². The highest BCUT2D eigenvalue weighted by atomic mass is 16.4. The number of nitrogens with two attached hydrogens (primary N) is 1. The van der Waals surface area contributed by atoms with Crippen molar-refractivity contribution in [3.8, 4) is 5.75 Å². The Hall–Kier alpha value is -4.38. The number of nitrogens with one attached hydrogen (secondary N) is 4. The number of aliphatic carboxylic acids is 1. The monoisotopic (exact) mass is 565 g/mol. The quantitative estimate of drug-likeness (QED) is 0.165. The number of hydrogen-bond acceptors (Lipinski definition) is 6. The summed E-state index contributed by atoms with van der Waals surface area (Å²) in [5.74, 6) is -3.57. The van der Waals surface area contributed by atoms with Gasteiger partial charge in [0, 0.05) is 23.5 Å². The Morgan fingerprint density at radius 3 is 1.95 bits per heavy atom. The zero-order chi connectivity index (χ0) is 30.3.